The van der Waals surface area contributed by atoms with Crippen LogP contribution in [0.1, 0.15) is 30.4 Å². The number of imide groups is 2. The number of allylic oxidation sites excluding steroid dienone is 3. The third kappa shape index (κ3) is 5.54. The number of nitrogens with one attached hydrogen (secondary N) is 1. The predicted octanol–water partition coefficient (Wildman–Crippen LogP) is 5.20. The van der Waals surface area contributed by atoms with Gasteiger partial charge >= 0.3 is 5.97 Å². The van der Waals surface area contributed by atoms with Gasteiger partial charge in [0, 0.05) is 17.5 Å². The van der Waals surface area contributed by atoms with E-state index in [9.17, 15) is 33.8 Å². The molecule has 2 heterocycles. The predicted molar refractivity (Wildman–Crippen MR) is 182 cm³/mol. The maximum absolute atomic E-state index is 15.1. The minimum absolute atomic E-state index is 0.0466. The van der Waals surface area contributed by atoms with Gasteiger partial charge in [0.1, 0.15) is 5.82 Å². The number of aliphatic carboxylic acids is 1. The Hall–Kier alpha value is -5.49. The Morgan fingerprint density at radius 3 is 2.43 bits per heavy atom. The maximum Gasteiger partial charge on any atom is 0.305 e. The van der Waals surface area contributed by atoms with E-state index in [2.05, 4.69) is 5.43 Å². The molecule has 4 aliphatic rings. The highest BCUT2D eigenvalue weighted by Crippen LogP contribution is 2.61. The number of methoxy groups -OCH3 is 1. The second kappa shape index (κ2) is 13.0. The Kier molecular flexibility index (Phi) is 8.66. The molecule has 0 radical (unpaired) electrons. The van der Waals surface area contributed by atoms with Gasteiger partial charge in [0.05, 0.1) is 42.4 Å². The fourth-order valence-corrected chi connectivity index (χ4v) is 8.53. The number of aromatic hydroxyl groups is 1. The van der Waals surface area contributed by atoms with Crippen LogP contribution in [0.15, 0.2) is 84.5 Å². The van der Waals surface area contributed by atoms with Crippen LogP contribution in [0.4, 0.5) is 10.1 Å². The van der Waals surface area contributed by atoms with Gasteiger partial charge in [-0.25, -0.2) is 4.39 Å². The van der Waals surface area contributed by atoms with Gasteiger partial charge in [0.25, 0.3) is 11.8 Å². The number of phenols is 1. The highest BCUT2D eigenvalue weighted by molar-refractivity contribution is 6.30. The molecule has 3 N–H and O–H groups in total. The fraction of sp³-hybridized carbons (Fsp3) is 0.289. The monoisotopic (exact) mass is 713 g/mol. The van der Waals surface area contributed by atoms with E-state index in [1.165, 1.54) is 37.4 Å². The minimum atomic E-state index is -1.55. The lowest BCUT2D eigenvalue weighted by Gasteiger charge is -2.49. The zero-order chi connectivity index (χ0) is 36.2. The van der Waals surface area contributed by atoms with E-state index >= 15 is 4.79 Å². The van der Waals surface area contributed by atoms with Gasteiger partial charge in [0.15, 0.2) is 11.5 Å². The number of carboxylic acid groups (broad SMARTS) is 1. The molecule has 7 rings (SSSR count). The Morgan fingerprint density at radius 1 is 1.02 bits per heavy atom. The van der Waals surface area contributed by atoms with Gasteiger partial charge < -0.3 is 14.9 Å². The van der Waals surface area contributed by atoms with Gasteiger partial charge in [0.2, 0.25) is 11.8 Å². The number of rotatable bonds is 9. The molecule has 13 heteroatoms. The number of carboxylic acids is 1. The molecule has 3 fully saturated rings. The van der Waals surface area contributed by atoms with Gasteiger partial charge in [-0.15, -0.1) is 0 Å². The first-order valence-corrected chi connectivity index (χ1v) is 16.8. The number of fused-ring (bicyclic) bond motifs is 4. The fourth-order valence-electron chi connectivity index (χ4n) is 8.40. The van der Waals surface area contributed by atoms with E-state index in [-0.39, 0.29) is 30.9 Å². The molecular weight excluding hydrogens is 681 g/mol. The van der Waals surface area contributed by atoms with Crippen LogP contribution in [0.2, 0.25) is 5.02 Å². The van der Waals surface area contributed by atoms with Crippen molar-refractivity contribution >= 4 is 53.0 Å². The summed E-state index contributed by atoms with van der Waals surface area (Å²) in [5, 5.41) is 20.9. The second-order valence-electron chi connectivity index (χ2n) is 13.2. The van der Waals surface area contributed by atoms with Crippen LogP contribution in [0.3, 0.4) is 0 Å². The summed E-state index contributed by atoms with van der Waals surface area (Å²) >= 11 is 6.31. The number of benzene rings is 3. The Labute approximate surface area is 296 Å². The third-order valence-electron chi connectivity index (χ3n) is 10.6. The molecule has 2 aliphatic heterocycles. The number of halogens is 2. The normalized spacial score (nSPS) is 27.0. The highest BCUT2D eigenvalue weighted by Gasteiger charge is 2.69. The van der Waals surface area contributed by atoms with Crippen molar-refractivity contribution in [3.8, 4) is 11.5 Å². The lowest BCUT2D eigenvalue weighted by molar-refractivity contribution is -0.143. The second-order valence-corrected chi connectivity index (χ2v) is 13.6. The van der Waals surface area contributed by atoms with Crippen LogP contribution in [0, 0.1) is 35.4 Å². The Balaban J connectivity index is 1.40. The van der Waals surface area contributed by atoms with Crippen molar-refractivity contribution in [2.45, 2.75) is 24.7 Å². The summed E-state index contributed by atoms with van der Waals surface area (Å²) in [5.41, 5.74) is 3.48. The standard InChI is InChI=1S/C38H33ClFN3O8/c1-51-31-18-20(3-15-30(31)44)2-14-28-25-12-13-26-33(36(49)42(34(26)47)17-16-32(45)46)27(25)19-29-35(48)43(41-24-10-8-23(40)9-11-24)37(50)38(28,29)21-4-6-22(39)7-5-21/h2-12,14-15,18,26-29,33,41,44H,13,16-17,19H2,1H3,(H,45,46)/t26-,27+,28-,29-,33-,38-/m0/s1. The highest BCUT2D eigenvalue weighted by atomic mass is 35.5. The first kappa shape index (κ1) is 34.0. The maximum atomic E-state index is 15.1. The first-order valence-electron chi connectivity index (χ1n) is 16.4. The third-order valence-corrected chi connectivity index (χ3v) is 10.9. The molecular formula is C38H33ClFN3O8. The molecule has 1 saturated carbocycles. The zero-order valence-electron chi connectivity index (χ0n) is 27.3. The Morgan fingerprint density at radius 2 is 1.75 bits per heavy atom. The minimum Gasteiger partial charge on any atom is -0.504 e. The van der Waals surface area contributed by atoms with Crippen molar-refractivity contribution in [2.75, 3.05) is 19.1 Å². The number of hydrogen-bond donors (Lipinski definition) is 3. The molecule has 3 aromatic rings. The summed E-state index contributed by atoms with van der Waals surface area (Å²) in [5.74, 6) is -7.65. The molecule has 0 bridgehead atoms. The van der Waals surface area contributed by atoms with Crippen LogP contribution in [-0.4, -0.2) is 63.4 Å². The SMILES string of the molecule is COc1cc(C=C[C@H]2C3=CC[C@@H]4C(=O)N(CCC(=O)O)C(=O)[C@@H]4[C@@H]3C[C@H]3C(=O)N(Nc4ccc(F)cc4)C(=O)[C@@]23c2ccc(Cl)cc2)ccc1O. The van der Waals surface area contributed by atoms with E-state index in [1.807, 2.05) is 12.2 Å². The number of phenolic OH excluding ortho intramolecular Hbond substituents is 1. The van der Waals surface area contributed by atoms with Gasteiger partial charge in [-0.05, 0) is 78.4 Å². The van der Waals surface area contributed by atoms with Crippen molar-refractivity contribution in [3.63, 3.8) is 0 Å². The van der Waals surface area contributed by atoms with Crippen LogP contribution in [0.5, 0.6) is 11.5 Å². The molecule has 4 amide bonds. The number of nitrogens with zero attached hydrogens (tertiary/aromatic N) is 2. The van der Waals surface area contributed by atoms with Crippen molar-refractivity contribution in [2.24, 2.45) is 29.6 Å². The number of hydrogen-bond acceptors (Lipinski definition) is 8. The first-order chi connectivity index (χ1) is 24.4. The lowest BCUT2D eigenvalue weighted by Crippen LogP contribution is -2.54. The van der Waals surface area contributed by atoms with Crippen molar-refractivity contribution < 1.29 is 43.3 Å². The summed E-state index contributed by atoms with van der Waals surface area (Å²) in [4.78, 5) is 69.5. The molecule has 3 aromatic carbocycles. The van der Waals surface area contributed by atoms with Crippen LogP contribution >= 0.6 is 11.6 Å². The molecule has 0 unspecified atom stereocenters. The summed E-state index contributed by atoms with van der Waals surface area (Å²) in [6.07, 6.45) is 5.27. The topological polar surface area (TPSA) is 154 Å². The molecule has 6 atom stereocenters. The molecule has 51 heavy (non-hydrogen) atoms. The van der Waals surface area contributed by atoms with E-state index in [1.54, 1.807) is 42.5 Å². The van der Waals surface area contributed by atoms with Crippen LogP contribution < -0.4 is 10.2 Å². The summed E-state index contributed by atoms with van der Waals surface area (Å²) < 4.78 is 19.1. The van der Waals surface area contributed by atoms with Gasteiger partial charge in [-0.2, -0.15) is 5.01 Å². The molecule has 11 nitrogen and oxygen atoms in total. The number of hydrazine groups is 1. The van der Waals surface area contributed by atoms with Gasteiger partial charge in [-0.3, -0.25) is 34.3 Å². The summed E-state index contributed by atoms with van der Waals surface area (Å²) in [6.45, 7) is -0.265. The number of ether oxygens (including phenoxy) is 1. The summed E-state index contributed by atoms with van der Waals surface area (Å²) in [6, 6.07) is 16.6. The molecule has 2 saturated heterocycles. The van der Waals surface area contributed by atoms with Crippen molar-refractivity contribution in [1.82, 2.24) is 9.91 Å². The zero-order valence-corrected chi connectivity index (χ0v) is 28.0. The molecule has 262 valence electrons. The lowest BCUT2D eigenvalue weighted by atomic mass is 9.50. The molecule has 0 aromatic heterocycles. The molecule has 2 aliphatic carbocycles. The smallest absolute Gasteiger partial charge is 0.305 e. The average molecular weight is 714 g/mol. The quantitative estimate of drug-likeness (QED) is 0.201. The Bertz CT molecular complexity index is 2020. The van der Waals surface area contributed by atoms with Crippen LogP contribution in [-0.2, 0) is 29.4 Å². The number of amides is 4. The molecule has 0 spiro atoms. The van der Waals surface area contributed by atoms with Crippen LogP contribution in [0.25, 0.3) is 6.08 Å². The van der Waals surface area contributed by atoms with E-state index in [0.717, 1.165) is 9.91 Å². The van der Waals surface area contributed by atoms with Crippen molar-refractivity contribution in [3.05, 3.63) is 106 Å². The number of likely N-dealkylation sites (tertiary alicyclic amines) is 1. The van der Waals surface area contributed by atoms with E-state index in [4.69, 9.17) is 16.3 Å². The average Bonchev–Trinajstić information content (AvgIpc) is 3.49. The van der Waals surface area contributed by atoms with Gasteiger partial charge in [-0.1, -0.05) is 53.6 Å². The van der Waals surface area contributed by atoms with Crippen molar-refractivity contribution in [1.29, 1.82) is 0 Å². The number of anilines is 1. The number of carbonyl (C=O) groups excluding carboxylic acids is 4. The number of carbonyl (C=O) groups is 5. The van der Waals surface area contributed by atoms with E-state index in [0.29, 0.717) is 27.4 Å². The van der Waals surface area contributed by atoms with E-state index < -0.39 is 76.8 Å². The largest absolute Gasteiger partial charge is 0.504 e. The summed E-state index contributed by atoms with van der Waals surface area (Å²) in [7, 11) is 1.42.